The standard InChI is InChI=1S/C16H9Cl2F2NO2/c17-9-2-3-10(18)15-14(9)8(16(23)21-15)6-13(22)7-1-4-11(19)12(20)5-7/h1-5,8H,6H2,(H,21,23). The maximum Gasteiger partial charge on any atom is 0.232 e. The predicted molar refractivity (Wildman–Crippen MR) is 83.1 cm³/mol. The number of hydrogen-bond acceptors (Lipinski definition) is 2. The summed E-state index contributed by atoms with van der Waals surface area (Å²) in [6.45, 7) is 0. The van der Waals surface area contributed by atoms with Crippen molar-refractivity contribution in [2.45, 2.75) is 12.3 Å². The lowest BCUT2D eigenvalue weighted by Crippen LogP contribution is -2.16. The first kappa shape index (κ1) is 15.9. The molecule has 0 fully saturated rings. The number of ketones is 1. The molecule has 0 saturated heterocycles. The molecule has 0 aliphatic carbocycles. The zero-order chi connectivity index (χ0) is 16.7. The number of rotatable bonds is 3. The average molecular weight is 356 g/mol. The Morgan fingerprint density at radius 2 is 1.78 bits per heavy atom. The lowest BCUT2D eigenvalue weighted by Gasteiger charge is -2.10. The number of Topliss-reactive ketones (excluding diaryl/α,β-unsaturated/α-hetero) is 1. The van der Waals surface area contributed by atoms with E-state index in [-0.39, 0.29) is 12.0 Å². The Kier molecular flexibility index (Phi) is 4.08. The van der Waals surface area contributed by atoms with Crippen molar-refractivity contribution >= 4 is 40.6 Å². The smallest absolute Gasteiger partial charge is 0.232 e. The predicted octanol–water partition coefficient (Wildman–Crippen LogP) is 4.58. The van der Waals surface area contributed by atoms with Crippen LogP contribution in [-0.4, -0.2) is 11.7 Å². The van der Waals surface area contributed by atoms with Gasteiger partial charge in [-0.1, -0.05) is 23.2 Å². The molecular formula is C16H9Cl2F2NO2. The molecular weight excluding hydrogens is 347 g/mol. The van der Waals surface area contributed by atoms with Gasteiger partial charge >= 0.3 is 0 Å². The van der Waals surface area contributed by atoms with Gasteiger partial charge in [0.15, 0.2) is 17.4 Å². The molecule has 3 nitrogen and oxygen atoms in total. The fourth-order valence-corrected chi connectivity index (χ4v) is 3.05. The van der Waals surface area contributed by atoms with Crippen molar-refractivity contribution in [2.24, 2.45) is 0 Å². The molecule has 1 aliphatic rings. The van der Waals surface area contributed by atoms with E-state index in [2.05, 4.69) is 5.32 Å². The van der Waals surface area contributed by atoms with Crippen LogP contribution in [0.15, 0.2) is 30.3 Å². The van der Waals surface area contributed by atoms with Gasteiger partial charge in [-0.2, -0.15) is 0 Å². The molecule has 0 aromatic heterocycles. The molecule has 2 aromatic rings. The van der Waals surface area contributed by atoms with E-state index < -0.39 is 29.2 Å². The molecule has 0 bridgehead atoms. The number of hydrogen-bond donors (Lipinski definition) is 1. The maximum absolute atomic E-state index is 13.2. The van der Waals surface area contributed by atoms with Crippen molar-refractivity contribution in [2.75, 3.05) is 5.32 Å². The molecule has 0 radical (unpaired) electrons. The van der Waals surface area contributed by atoms with Crippen LogP contribution in [0.3, 0.4) is 0 Å². The summed E-state index contributed by atoms with van der Waals surface area (Å²) in [5.74, 6) is -3.88. The molecule has 7 heteroatoms. The van der Waals surface area contributed by atoms with E-state index in [4.69, 9.17) is 23.2 Å². The summed E-state index contributed by atoms with van der Waals surface area (Å²) in [5, 5.41) is 3.22. The summed E-state index contributed by atoms with van der Waals surface area (Å²) in [6.07, 6.45) is -0.218. The van der Waals surface area contributed by atoms with Crippen LogP contribution in [0.5, 0.6) is 0 Å². The molecule has 1 aliphatic heterocycles. The summed E-state index contributed by atoms with van der Waals surface area (Å²) in [6, 6.07) is 5.94. The molecule has 0 spiro atoms. The Labute approximate surface area is 140 Å². The number of nitrogens with one attached hydrogen (secondary N) is 1. The largest absolute Gasteiger partial charge is 0.324 e. The molecule has 3 rings (SSSR count). The second kappa shape index (κ2) is 5.91. The minimum absolute atomic E-state index is 0.0108. The van der Waals surface area contributed by atoms with Crippen LogP contribution in [0.1, 0.15) is 28.3 Å². The van der Waals surface area contributed by atoms with E-state index in [1.807, 2.05) is 0 Å². The second-order valence-electron chi connectivity index (χ2n) is 5.12. The van der Waals surface area contributed by atoms with Gasteiger partial charge < -0.3 is 5.32 Å². The van der Waals surface area contributed by atoms with Crippen LogP contribution in [-0.2, 0) is 4.79 Å². The van der Waals surface area contributed by atoms with Gasteiger partial charge in [-0.3, -0.25) is 9.59 Å². The molecule has 2 aromatic carbocycles. The number of fused-ring (bicyclic) bond motifs is 1. The third-order valence-electron chi connectivity index (χ3n) is 3.69. The van der Waals surface area contributed by atoms with Gasteiger partial charge in [0.1, 0.15) is 0 Å². The van der Waals surface area contributed by atoms with Crippen molar-refractivity contribution < 1.29 is 18.4 Å². The third-order valence-corrected chi connectivity index (χ3v) is 4.33. The van der Waals surface area contributed by atoms with Crippen LogP contribution in [0, 0.1) is 11.6 Å². The molecule has 1 atom stereocenters. The van der Waals surface area contributed by atoms with E-state index in [1.54, 1.807) is 6.07 Å². The normalized spacial score (nSPS) is 16.2. The van der Waals surface area contributed by atoms with Gasteiger partial charge in [-0.05, 0) is 30.3 Å². The first-order valence-electron chi connectivity index (χ1n) is 6.65. The Bertz CT molecular complexity index is 839. The van der Waals surface area contributed by atoms with Crippen molar-refractivity contribution in [3.05, 3.63) is 63.1 Å². The summed E-state index contributed by atoms with van der Waals surface area (Å²) in [7, 11) is 0. The molecule has 0 saturated carbocycles. The fourth-order valence-electron chi connectivity index (χ4n) is 2.54. The zero-order valence-electron chi connectivity index (χ0n) is 11.5. The Balaban J connectivity index is 1.92. The van der Waals surface area contributed by atoms with Crippen molar-refractivity contribution in [1.82, 2.24) is 0 Å². The fraction of sp³-hybridized carbons (Fsp3) is 0.125. The lowest BCUT2D eigenvalue weighted by molar-refractivity contribution is -0.117. The van der Waals surface area contributed by atoms with Crippen LogP contribution < -0.4 is 5.32 Å². The summed E-state index contributed by atoms with van der Waals surface area (Å²) in [5.41, 5.74) is 0.815. The van der Waals surface area contributed by atoms with E-state index in [9.17, 15) is 18.4 Å². The SMILES string of the molecule is O=C(CC1C(=O)Nc2c(Cl)ccc(Cl)c21)c1ccc(F)c(F)c1. The molecule has 1 unspecified atom stereocenters. The van der Waals surface area contributed by atoms with E-state index >= 15 is 0 Å². The number of anilines is 1. The van der Waals surface area contributed by atoms with Crippen LogP contribution >= 0.6 is 23.2 Å². The van der Waals surface area contributed by atoms with Gasteiger partial charge in [-0.15, -0.1) is 0 Å². The van der Waals surface area contributed by atoms with Crippen molar-refractivity contribution in [3.63, 3.8) is 0 Å². The molecule has 1 amide bonds. The highest BCUT2D eigenvalue weighted by atomic mass is 35.5. The first-order chi connectivity index (χ1) is 10.9. The highest BCUT2D eigenvalue weighted by Gasteiger charge is 2.35. The zero-order valence-corrected chi connectivity index (χ0v) is 13.0. The number of halogens is 4. The average Bonchev–Trinajstić information content (AvgIpc) is 2.84. The minimum atomic E-state index is -1.12. The van der Waals surface area contributed by atoms with Gasteiger partial charge in [0, 0.05) is 22.6 Å². The van der Waals surface area contributed by atoms with Crippen LogP contribution in [0.2, 0.25) is 10.0 Å². The molecule has 1 heterocycles. The van der Waals surface area contributed by atoms with E-state index in [1.165, 1.54) is 12.1 Å². The summed E-state index contributed by atoms with van der Waals surface area (Å²) >= 11 is 12.1. The lowest BCUT2D eigenvalue weighted by atomic mass is 9.92. The van der Waals surface area contributed by atoms with Crippen LogP contribution in [0.4, 0.5) is 14.5 Å². The maximum atomic E-state index is 13.2. The van der Waals surface area contributed by atoms with Gasteiger partial charge in [0.2, 0.25) is 5.91 Å². The van der Waals surface area contributed by atoms with Crippen molar-refractivity contribution in [3.8, 4) is 0 Å². The minimum Gasteiger partial charge on any atom is -0.324 e. The van der Waals surface area contributed by atoms with Gasteiger partial charge in [0.25, 0.3) is 0 Å². The first-order valence-corrected chi connectivity index (χ1v) is 7.41. The molecule has 1 N–H and O–H groups in total. The van der Waals surface area contributed by atoms with Crippen molar-refractivity contribution in [1.29, 1.82) is 0 Å². The summed E-state index contributed by atoms with van der Waals surface area (Å²) < 4.78 is 26.2. The summed E-state index contributed by atoms with van der Waals surface area (Å²) in [4.78, 5) is 24.4. The van der Waals surface area contributed by atoms with Crippen LogP contribution in [0.25, 0.3) is 0 Å². The number of carbonyl (C=O) groups is 2. The quantitative estimate of drug-likeness (QED) is 0.819. The topological polar surface area (TPSA) is 46.2 Å². The number of amides is 1. The molecule has 23 heavy (non-hydrogen) atoms. The highest BCUT2D eigenvalue weighted by molar-refractivity contribution is 6.38. The van der Waals surface area contributed by atoms with Gasteiger partial charge in [0.05, 0.1) is 16.6 Å². The monoisotopic (exact) mass is 355 g/mol. The highest BCUT2D eigenvalue weighted by Crippen LogP contribution is 2.43. The Hall–Kier alpha value is -1.98. The number of benzene rings is 2. The Morgan fingerprint density at radius 3 is 2.48 bits per heavy atom. The Morgan fingerprint density at radius 1 is 1.09 bits per heavy atom. The van der Waals surface area contributed by atoms with E-state index in [0.29, 0.717) is 21.3 Å². The van der Waals surface area contributed by atoms with E-state index in [0.717, 1.165) is 12.1 Å². The molecule has 118 valence electrons. The second-order valence-corrected chi connectivity index (χ2v) is 5.93. The van der Waals surface area contributed by atoms with Gasteiger partial charge in [-0.25, -0.2) is 8.78 Å². The third kappa shape index (κ3) is 2.82. The number of carbonyl (C=O) groups excluding carboxylic acids is 2.